The first-order valence-electron chi connectivity index (χ1n) is 8.10. The molecule has 2 aromatic rings. The van der Waals surface area contributed by atoms with Crippen LogP contribution in [0.25, 0.3) is 11.0 Å². The average molecular weight is 424 g/mol. The molecule has 0 aliphatic heterocycles. The van der Waals surface area contributed by atoms with E-state index in [9.17, 15) is 29.5 Å². The Hall–Kier alpha value is -1.90. The van der Waals surface area contributed by atoms with Gasteiger partial charge in [0.1, 0.15) is 29.3 Å². The number of nitrogens with zero attached hydrogens (tertiary/aromatic N) is 2. The molecule has 28 heavy (non-hydrogen) atoms. The second kappa shape index (κ2) is 9.07. The van der Waals surface area contributed by atoms with Crippen LogP contribution in [0.3, 0.4) is 0 Å². The van der Waals surface area contributed by atoms with Gasteiger partial charge in [-0.2, -0.15) is 5.10 Å². The van der Waals surface area contributed by atoms with Gasteiger partial charge in [0.25, 0.3) is 5.56 Å². The summed E-state index contributed by atoms with van der Waals surface area (Å²) in [4.78, 5) is 45.4. The Bertz CT molecular complexity index is 962. The minimum atomic E-state index is -4.63. The molecule has 8 N–H and O–H groups in total. The van der Waals surface area contributed by atoms with Gasteiger partial charge in [-0.25, -0.2) is 14.0 Å². The monoisotopic (exact) mass is 424 g/mol. The Kier molecular flexibility index (Phi) is 7.25. The van der Waals surface area contributed by atoms with E-state index in [0.29, 0.717) is 0 Å². The summed E-state index contributed by atoms with van der Waals surface area (Å²) in [6, 6.07) is 0. The first kappa shape index (κ1) is 22.4. The van der Waals surface area contributed by atoms with Gasteiger partial charge in [0.15, 0.2) is 0 Å². The van der Waals surface area contributed by atoms with E-state index < -0.39 is 50.5 Å². The van der Waals surface area contributed by atoms with Gasteiger partial charge in [0, 0.05) is 0 Å². The van der Waals surface area contributed by atoms with Gasteiger partial charge in [0.2, 0.25) is 0 Å². The molecular formula is C13H21N4O10P. The molecule has 14 nitrogen and oxygen atoms in total. The van der Waals surface area contributed by atoms with Crippen LogP contribution in [-0.2, 0) is 22.1 Å². The lowest BCUT2D eigenvalue weighted by molar-refractivity contribution is -0.0811. The van der Waals surface area contributed by atoms with Crippen molar-refractivity contribution in [2.45, 2.75) is 37.7 Å². The van der Waals surface area contributed by atoms with Crippen LogP contribution in [0, 0.1) is 0 Å². The number of phosphoric acid groups is 1. The van der Waals surface area contributed by atoms with Crippen molar-refractivity contribution >= 4 is 18.9 Å². The van der Waals surface area contributed by atoms with Crippen LogP contribution >= 0.6 is 7.82 Å². The molecule has 15 heteroatoms. The first-order chi connectivity index (χ1) is 13.0. The highest BCUT2D eigenvalue weighted by atomic mass is 31.2. The standard InChI is InChI=1S/C13H21N4O10P/c18-5-8(20)10(21)7(19)4-17-11-9(12(22)15-13(23)14-11)6(16-17)2-1-3-27-28(24,25)26/h7-8,10,18-21H,1-5H2,(H2,24,25,26)(H2,14,15,22,23)/t7-,8+,10-/m0/s1. The van der Waals surface area contributed by atoms with Crippen molar-refractivity contribution in [3.05, 3.63) is 26.5 Å². The predicted octanol–water partition coefficient (Wildman–Crippen LogP) is -3.47. The Morgan fingerprint density at radius 2 is 1.82 bits per heavy atom. The van der Waals surface area contributed by atoms with E-state index >= 15 is 0 Å². The van der Waals surface area contributed by atoms with Gasteiger partial charge >= 0.3 is 13.5 Å². The Balaban J connectivity index is 2.30. The van der Waals surface area contributed by atoms with E-state index in [1.807, 2.05) is 4.98 Å². The van der Waals surface area contributed by atoms with Gasteiger partial charge in [-0.05, 0) is 12.8 Å². The molecule has 0 bridgehead atoms. The molecule has 2 heterocycles. The van der Waals surface area contributed by atoms with Crippen LogP contribution in [-0.4, -0.2) is 81.5 Å². The van der Waals surface area contributed by atoms with Crippen molar-refractivity contribution in [3.63, 3.8) is 0 Å². The Labute approximate surface area is 156 Å². The molecule has 0 saturated carbocycles. The molecule has 0 aliphatic carbocycles. The second-order valence-corrected chi connectivity index (χ2v) is 7.24. The molecule has 0 radical (unpaired) electrons. The summed E-state index contributed by atoms with van der Waals surface area (Å²) in [6.07, 6.45) is -4.76. The lowest BCUT2D eigenvalue weighted by Crippen LogP contribution is -2.41. The van der Waals surface area contributed by atoms with E-state index in [1.54, 1.807) is 0 Å². The van der Waals surface area contributed by atoms with E-state index in [2.05, 4.69) is 14.6 Å². The van der Waals surface area contributed by atoms with Crippen molar-refractivity contribution < 1.29 is 39.3 Å². The van der Waals surface area contributed by atoms with E-state index in [0.717, 1.165) is 4.68 Å². The molecule has 0 aliphatic rings. The van der Waals surface area contributed by atoms with Crippen LogP contribution in [0.15, 0.2) is 9.59 Å². The highest BCUT2D eigenvalue weighted by molar-refractivity contribution is 7.46. The van der Waals surface area contributed by atoms with E-state index in [-0.39, 0.29) is 36.2 Å². The number of rotatable bonds is 10. The maximum Gasteiger partial charge on any atom is 0.469 e. The largest absolute Gasteiger partial charge is 0.469 e. The number of phosphoric ester groups is 1. The smallest absolute Gasteiger partial charge is 0.394 e. The lowest BCUT2D eigenvalue weighted by Gasteiger charge is -2.21. The first-order valence-corrected chi connectivity index (χ1v) is 9.63. The summed E-state index contributed by atoms with van der Waals surface area (Å²) in [6.45, 7) is -1.53. The molecule has 2 aromatic heterocycles. The summed E-state index contributed by atoms with van der Waals surface area (Å²) in [5.74, 6) is 0. The zero-order valence-corrected chi connectivity index (χ0v) is 15.3. The zero-order valence-electron chi connectivity index (χ0n) is 14.4. The summed E-state index contributed by atoms with van der Waals surface area (Å²) < 4.78 is 16.0. The maximum absolute atomic E-state index is 12.1. The zero-order chi connectivity index (χ0) is 21.1. The van der Waals surface area contributed by atoms with Crippen LogP contribution < -0.4 is 11.2 Å². The van der Waals surface area contributed by atoms with Gasteiger partial charge in [-0.1, -0.05) is 0 Å². The summed E-state index contributed by atoms with van der Waals surface area (Å²) >= 11 is 0. The summed E-state index contributed by atoms with van der Waals surface area (Å²) in [5.41, 5.74) is -1.49. The van der Waals surface area contributed by atoms with Crippen LogP contribution in [0.5, 0.6) is 0 Å². The van der Waals surface area contributed by atoms with Crippen LogP contribution in [0.2, 0.25) is 0 Å². The van der Waals surface area contributed by atoms with Crippen LogP contribution in [0.4, 0.5) is 0 Å². The fraction of sp³-hybridized carbons (Fsp3) is 0.615. The number of aromatic nitrogens is 4. The number of aliphatic hydroxyl groups is 4. The molecule has 2 rings (SSSR count). The Morgan fingerprint density at radius 1 is 1.14 bits per heavy atom. The Morgan fingerprint density at radius 3 is 2.43 bits per heavy atom. The number of hydrogen-bond acceptors (Lipinski definition) is 9. The minimum absolute atomic E-state index is 0.0137. The highest BCUT2D eigenvalue weighted by Gasteiger charge is 2.26. The van der Waals surface area contributed by atoms with Crippen LogP contribution in [0.1, 0.15) is 12.1 Å². The van der Waals surface area contributed by atoms with E-state index in [1.165, 1.54) is 0 Å². The SMILES string of the molecule is O=c1[nH]c(=O)c2c(CCCOP(=O)(O)O)nn(C[C@H](O)[C@H](O)[C@H](O)CO)c2[nH]1. The topological polar surface area (TPSA) is 231 Å². The maximum atomic E-state index is 12.1. The number of H-pyrrole nitrogens is 2. The van der Waals surface area contributed by atoms with Crippen molar-refractivity contribution in [2.75, 3.05) is 13.2 Å². The molecule has 158 valence electrons. The third-order valence-electron chi connectivity index (χ3n) is 3.86. The fourth-order valence-corrected chi connectivity index (χ4v) is 2.93. The second-order valence-electron chi connectivity index (χ2n) is 6.00. The average Bonchev–Trinajstić information content (AvgIpc) is 2.94. The number of aliphatic hydroxyl groups excluding tert-OH is 4. The molecule has 0 aromatic carbocycles. The van der Waals surface area contributed by atoms with E-state index in [4.69, 9.17) is 14.9 Å². The highest BCUT2D eigenvalue weighted by Crippen LogP contribution is 2.35. The minimum Gasteiger partial charge on any atom is -0.394 e. The predicted molar refractivity (Wildman–Crippen MR) is 92.4 cm³/mol. The molecule has 0 saturated heterocycles. The van der Waals surface area contributed by atoms with Gasteiger partial charge < -0.3 is 30.2 Å². The molecule has 0 spiro atoms. The van der Waals surface area contributed by atoms with Crippen molar-refractivity contribution in [3.8, 4) is 0 Å². The third kappa shape index (κ3) is 5.56. The fourth-order valence-electron chi connectivity index (χ4n) is 2.56. The molecule has 0 unspecified atom stereocenters. The summed E-state index contributed by atoms with van der Waals surface area (Å²) in [7, 11) is -4.63. The number of hydrogen-bond donors (Lipinski definition) is 8. The van der Waals surface area contributed by atoms with Crippen molar-refractivity contribution in [1.29, 1.82) is 0 Å². The molecule has 3 atom stereocenters. The third-order valence-corrected chi connectivity index (χ3v) is 4.38. The van der Waals surface area contributed by atoms with Crippen molar-refractivity contribution in [1.82, 2.24) is 19.7 Å². The van der Waals surface area contributed by atoms with Gasteiger partial charge in [-0.15, -0.1) is 0 Å². The summed E-state index contributed by atoms with van der Waals surface area (Å²) in [5, 5.41) is 42.1. The normalized spacial score (nSPS) is 15.6. The molecule has 0 amide bonds. The van der Waals surface area contributed by atoms with Crippen molar-refractivity contribution in [2.24, 2.45) is 0 Å². The van der Waals surface area contributed by atoms with Gasteiger partial charge in [0.05, 0.1) is 25.5 Å². The quantitative estimate of drug-likeness (QED) is 0.138. The number of nitrogens with one attached hydrogen (secondary N) is 2. The lowest BCUT2D eigenvalue weighted by atomic mass is 10.1. The van der Waals surface area contributed by atoms with Gasteiger partial charge in [-0.3, -0.25) is 19.3 Å². The molecular weight excluding hydrogens is 403 g/mol. The number of aryl methyl sites for hydroxylation is 1. The number of fused-ring (bicyclic) bond motifs is 1. The number of aromatic amines is 2. The molecule has 0 fully saturated rings.